The molecule has 0 atom stereocenters. The van der Waals surface area contributed by atoms with Crippen molar-refractivity contribution in [3.63, 3.8) is 0 Å². The summed E-state index contributed by atoms with van der Waals surface area (Å²) in [6.45, 7) is 5.37. The summed E-state index contributed by atoms with van der Waals surface area (Å²) in [6, 6.07) is 13.4. The largest absolute Gasteiger partial charge is 0.494 e. The Morgan fingerprint density at radius 3 is 2.28 bits per heavy atom. The topological polar surface area (TPSA) is 68.1 Å². The molecule has 0 aliphatic carbocycles. The first kappa shape index (κ1) is 21.8. The molecule has 1 aliphatic rings. The van der Waals surface area contributed by atoms with Gasteiger partial charge >= 0.3 is 0 Å². The minimum absolute atomic E-state index is 0.0820. The fourth-order valence-electron chi connectivity index (χ4n) is 3.39. The van der Waals surface area contributed by atoms with Crippen molar-refractivity contribution in [2.24, 2.45) is 0 Å². The number of piperazine rings is 1. The van der Waals surface area contributed by atoms with Gasteiger partial charge in [-0.15, -0.1) is 0 Å². The Bertz CT molecular complexity index is 922. The van der Waals surface area contributed by atoms with Gasteiger partial charge in [0.1, 0.15) is 5.75 Å². The zero-order valence-electron chi connectivity index (χ0n) is 16.4. The molecule has 1 heterocycles. The van der Waals surface area contributed by atoms with Crippen molar-refractivity contribution < 1.29 is 22.8 Å². The van der Waals surface area contributed by atoms with Gasteiger partial charge in [0, 0.05) is 10.6 Å². The van der Waals surface area contributed by atoms with Gasteiger partial charge in [-0.2, -0.15) is 4.31 Å². The van der Waals surface area contributed by atoms with Gasteiger partial charge in [0.2, 0.25) is 10.0 Å². The molecule has 1 aliphatic heterocycles. The molecule has 156 valence electrons. The van der Waals surface area contributed by atoms with Gasteiger partial charge in [-0.05, 0) is 55.5 Å². The van der Waals surface area contributed by atoms with E-state index in [9.17, 15) is 13.2 Å². The molecule has 6 nitrogen and oxygen atoms in total. The third kappa shape index (κ3) is 5.57. The molecule has 29 heavy (non-hydrogen) atoms. The highest BCUT2D eigenvalue weighted by atomic mass is 35.5. The molecule has 2 aromatic rings. The monoisotopic (exact) mass is 437 g/mol. The van der Waals surface area contributed by atoms with E-state index < -0.39 is 10.0 Å². The molecule has 0 spiro atoms. The van der Waals surface area contributed by atoms with Crippen molar-refractivity contribution in [2.45, 2.75) is 18.2 Å². The number of quaternary nitrogens is 1. The average Bonchev–Trinajstić information content (AvgIpc) is 2.73. The van der Waals surface area contributed by atoms with Crippen LogP contribution in [0.5, 0.6) is 5.75 Å². The summed E-state index contributed by atoms with van der Waals surface area (Å²) in [5.74, 6) is 0.740. The number of nitrogens with zero attached hydrogens (tertiary/aromatic N) is 1. The number of ether oxygens (including phenoxy) is 1. The standard InChI is InChI=1S/C21H25ClN2O4S/c1-2-28-19-7-9-20(10-8-19)29(26,27)24-15-13-23(14-16-24)12-11-21(25)17-3-5-18(22)6-4-17/h3-10H,2,11-16H2,1H3/p+1. The Labute approximate surface area is 177 Å². The molecule has 0 radical (unpaired) electrons. The molecule has 0 amide bonds. The van der Waals surface area contributed by atoms with Crippen LogP contribution in [0.25, 0.3) is 0 Å². The van der Waals surface area contributed by atoms with E-state index in [4.69, 9.17) is 16.3 Å². The van der Waals surface area contributed by atoms with Crippen molar-refractivity contribution in [3.05, 3.63) is 59.1 Å². The van der Waals surface area contributed by atoms with Crippen LogP contribution in [0.3, 0.4) is 0 Å². The van der Waals surface area contributed by atoms with E-state index in [0.29, 0.717) is 62.1 Å². The molecule has 0 saturated carbocycles. The maximum Gasteiger partial charge on any atom is 0.243 e. The van der Waals surface area contributed by atoms with Crippen LogP contribution in [0.15, 0.2) is 53.4 Å². The maximum atomic E-state index is 12.9. The number of Topliss-reactive ketones (excluding diaryl/α,β-unsaturated/α-hetero) is 1. The molecular weight excluding hydrogens is 412 g/mol. The van der Waals surface area contributed by atoms with Gasteiger partial charge in [-0.3, -0.25) is 4.79 Å². The number of ketones is 1. The zero-order valence-corrected chi connectivity index (χ0v) is 18.0. The van der Waals surface area contributed by atoms with Crippen LogP contribution < -0.4 is 9.64 Å². The Morgan fingerprint density at radius 1 is 1.07 bits per heavy atom. The minimum Gasteiger partial charge on any atom is -0.494 e. The number of carbonyl (C=O) groups is 1. The lowest BCUT2D eigenvalue weighted by Gasteiger charge is -2.31. The van der Waals surface area contributed by atoms with Crippen LogP contribution in [0.4, 0.5) is 0 Å². The summed E-state index contributed by atoms with van der Waals surface area (Å²) < 4.78 is 32.6. The first-order chi connectivity index (χ1) is 13.9. The van der Waals surface area contributed by atoms with Crippen LogP contribution in [0, 0.1) is 0 Å². The second-order valence-corrected chi connectivity index (χ2v) is 9.36. The number of nitrogens with one attached hydrogen (secondary N) is 1. The van der Waals surface area contributed by atoms with Gasteiger partial charge < -0.3 is 9.64 Å². The highest BCUT2D eigenvalue weighted by Gasteiger charge is 2.30. The Kier molecular flexibility index (Phi) is 7.29. The lowest BCUT2D eigenvalue weighted by molar-refractivity contribution is -0.903. The third-order valence-corrected chi connectivity index (χ3v) is 7.24. The van der Waals surface area contributed by atoms with E-state index in [2.05, 4.69) is 0 Å². The molecular formula is C21H26ClN2O4S+. The third-order valence-electron chi connectivity index (χ3n) is 5.07. The quantitative estimate of drug-likeness (QED) is 0.640. The molecule has 1 saturated heterocycles. The number of carbonyl (C=O) groups excluding carboxylic acids is 1. The fraction of sp³-hybridized carbons (Fsp3) is 0.381. The Balaban J connectivity index is 1.51. The minimum atomic E-state index is -3.51. The fourth-order valence-corrected chi connectivity index (χ4v) is 4.95. The van der Waals surface area contributed by atoms with Crippen LogP contribution in [-0.2, 0) is 10.0 Å². The van der Waals surface area contributed by atoms with Crippen molar-refractivity contribution in [2.75, 3.05) is 39.3 Å². The molecule has 3 rings (SSSR count). The molecule has 2 aromatic carbocycles. The first-order valence-electron chi connectivity index (χ1n) is 9.75. The summed E-state index contributed by atoms with van der Waals surface area (Å²) in [5.41, 5.74) is 0.658. The number of hydrogen-bond donors (Lipinski definition) is 1. The molecule has 8 heteroatoms. The summed E-state index contributed by atoms with van der Waals surface area (Å²) in [6.07, 6.45) is 0.433. The van der Waals surface area contributed by atoms with E-state index in [1.807, 2.05) is 6.92 Å². The van der Waals surface area contributed by atoms with Crippen molar-refractivity contribution in [1.82, 2.24) is 4.31 Å². The second kappa shape index (κ2) is 9.71. The molecule has 0 unspecified atom stereocenters. The van der Waals surface area contributed by atoms with E-state index in [-0.39, 0.29) is 10.7 Å². The van der Waals surface area contributed by atoms with Crippen LogP contribution in [0.1, 0.15) is 23.7 Å². The van der Waals surface area contributed by atoms with E-state index in [0.717, 1.165) is 0 Å². The maximum absolute atomic E-state index is 12.9. The summed E-state index contributed by atoms with van der Waals surface area (Å²) >= 11 is 5.86. The molecule has 1 fully saturated rings. The highest BCUT2D eigenvalue weighted by molar-refractivity contribution is 7.89. The highest BCUT2D eigenvalue weighted by Crippen LogP contribution is 2.19. The van der Waals surface area contributed by atoms with Crippen LogP contribution in [0.2, 0.25) is 5.02 Å². The zero-order chi connectivity index (χ0) is 20.9. The number of benzene rings is 2. The SMILES string of the molecule is CCOc1ccc(S(=O)(=O)N2CC[NH+](CCC(=O)c3ccc(Cl)cc3)CC2)cc1. The predicted octanol–water partition coefficient (Wildman–Crippen LogP) is 1.90. The van der Waals surface area contributed by atoms with Crippen LogP contribution >= 0.6 is 11.6 Å². The Morgan fingerprint density at radius 2 is 1.69 bits per heavy atom. The number of halogens is 1. The lowest BCUT2D eigenvalue weighted by atomic mass is 10.1. The second-order valence-electron chi connectivity index (χ2n) is 6.99. The average molecular weight is 438 g/mol. The van der Waals surface area contributed by atoms with Crippen molar-refractivity contribution in [1.29, 1.82) is 0 Å². The number of hydrogen-bond acceptors (Lipinski definition) is 4. The van der Waals surface area contributed by atoms with E-state index in [1.165, 1.54) is 9.21 Å². The van der Waals surface area contributed by atoms with Crippen molar-refractivity contribution >= 4 is 27.4 Å². The Hall–Kier alpha value is -1.93. The number of rotatable bonds is 8. The molecule has 1 N–H and O–H groups in total. The van der Waals surface area contributed by atoms with Gasteiger partial charge in [0.05, 0.1) is 50.6 Å². The smallest absolute Gasteiger partial charge is 0.243 e. The summed E-state index contributed by atoms with van der Waals surface area (Å²) in [7, 11) is -3.51. The summed E-state index contributed by atoms with van der Waals surface area (Å²) in [4.78, 5) is 13.8. The van der Waals surface area contributed by atoms with Gasteiger partial charge in [0.15, 0.2) is 5.78 Å². The van der Waals surface area contributed by atoms with Crippen molar-refractivity contribution in [3.8, 4) is 5.75 Å². The first-order valence-corrected chi connectivity index (χ1v) is 11.6. The van der Waals surface area contributed by atoms with Gasteiger partial charge in [-0.1, -0.05) is 11.6 Å². The lowest BCUT2D eigenvalue weighted by Crippen LogP contribution is -3.14. The summed E-state index contributed by atoms with van der Waals surface area (Å²) in [5, 5.41) is 0.608. The van der Waals surface area contributed by atoms with Crippen LogP contribution in [-0.4, -0.2) is 57.8 Å². The normalized spacial score (nSPS) is 15.9. The van der Waals surface area contributed by atoms with Gasteiger partial charge in [0.25, 0.3) is 0 Å². The van der Waals surface area contributed by atoms with E-state index in [1.54, 1.807) is 48.5 Å². The predicted molar refractivity (Wildman–Crippen MR) is 112 cm³/mol. The van der Waals surface area contributed by atoms with Gasteiger partial charge in [-0.25, -0.2) is 8.42 Å². The molecule has 0 aromatic heterocycles. The number of sulfonamides is 1. The van der Waals surface area contributed by atoms with E-state index >= 15 is 0 Å². The molecule has 0 bridgehead atoms.